The maximum absolute atomic E-state index is 11.0. The average Bonchev–Trinajstić information content (AvgIpc) is 2.98. The van der Waals surface area contributed by atoms with Gasteiger partial charge in [-0.05, 0) is 31.4 Å². The summed E-state index contributed by atoms with van der Waals surface area (Å²) in [7, 11) is 1.70. The zero-order valence-corrected chi connectivity index (χ0v) is 14.4. The van der Waals surface area contributed by atoms with Crippen LogP contribution in [0.4, 0.5) is 0 Å². The molecule has 0 aromatic carbocycles. The minimum absolute atomic E-state index is 0.154. The molecule has 1 heterocycles. The minimum atomic E-state index is -0.575. The molecule has 0 saturated carbocycles. The molecular formula is C16H28N4O3. The molecule has 1 atom stereocenters. The quantitative estimate of drug-likeness (QED) is 0.472. The van der Waals surface area contributed by atoms with Crippen LogP contribution < -0.4 is 16.4 Å². The summed E-state index contributed by atoms with van der Waals surface area (Å²) in [5.74, 6) is 1.34. The Balaban J connectivity index is 2.38. The van der Waals surface area contributed by atoms with Gasteiger partial charge in [0.05, 0.1) is 12.6 Å². The van der Waals surface area contributed by atoms with Crippen LogP contribution in [0.25, 0.3) is 0 Å². The van der Waals surface area contributed by atoms with Gasteiger partial charge in [-0.3, -0.25) is 9.79 Å². The van der Waals surface area contributed by atoms with E-state index in [4.69, 9.17) is 14.9 Å². The van der Waals surface area contributed by atoms with Gasteiger partial charge in [-0.15, -0.1) is 0 Å². The number of furan rings is 1. The van der Waals surface area contributed by atoms with Gasteiger partial charge in [0.2, 0.25) is 0 Å². The summed E-state index contributed by atoms with van der Waals surface area (Å²) in [6.07, 6.45) is 1.13. The molecule has 1 aromatic heterocycles. The summed E-state index contributed by atoms with van der Waals surface area (Å²) in [6.45, 7) is 8.21. The number of carbonyl (C=O) groups excluding carboxylic acids is 1. The van der Waals surface area contributed by atoms with E-state index < -0.39 is 5.91 Å². The SMILES string of the molecule is CCOC(CCNC(=NC)NCc1ccc(C(N)=O)o1)C(C)C. The lowest BCUT2D eigenvalue weighted by Crippen LogP contribution is -2.38. The molecule has 0 saturated heterocycles. The van der Waals surface area contributed by atoms with E-state index in [1.54, 1.807) is 19.2 Å². The zero-order chi connectivity index (χ0) is 17.2. The van der Waals surface area contributed by atoms with Crippen molar-refractivity contribution in [3.63, 3.8) is 0 Å². The predicted octanol–water partition coefficient (Wildman–Crippen LogP) is 1.49. The van der Waals surface area contributed by atoms with Gasteiger partial charge in [0.15, 0.2) is 11.7 Å². The molecule has 1 amide bonds. The lowest BCUT2D eigenvalue weighted by molar-refractivity contribution is 0.0258. The smallest absolute Gasteiger partial charge is 0.284 e. The lowest BCUT2D eigenvalue weighted by atomic mass is 10.0. The predicted molar refractivity (Wildman–Crippen MR) is 90.3 cm³/mol. The summed E-state index contributed by atoms with van der Waals surface area (Å²) in [5.41, 5.74) is 5.15. The largest absolute Gasteiger partial charge is 0.454 e. The normalized spacial score (nSPS) is 13.2. The molecule has 1 unspecified atom stereocenters. The number of hydrogen-bond donors (Lipinski definition) is 3. The van der Waals surface area contributed by atoms with Gasteiger partial charge >= 0.3 is 0 Å². The van der Waals surface area contributed by atoms with Gasteiger partial charge in [-0.2, -0.15) is 0 Å². The molecule has 1 aromatic rings. The topological polar surface area (TPSA) is 102 Å². The van der Waals surface area contributed by atoms with Gasteiger partial charge < -0.3 is 25.5 Å². The van der Waals surface area contributed by atoms with E-state index in [9.17, 15) is 4.79 Å². The standard InChI is InChI=1S/C16H28N4O3/c1-5-22-13(11(2)3)8-9-19-16(18-4)20-10-12-6-7-14(23-12)15(17)21/h6-7,11,13H,5,8-10H2,1-4H3,(H2,17,21)(H2,18,19,20). The number of amides is 1. The molecule has 0 fully saturated rings. The number of nitrogens with zero attached hydrogens (tertiary/aromatic N) is 1. The second-order valence-electron chi connectivity index (χ2n) is 5.51. The van der Waals surface area contributed by atoms with E-state index in [-0.39, 0.29) is 11.9 Å². The number of aliphatic imine (C=N–C) groups is 1. The van der Waals surface area contributed by atoms with Crippen molar-refractivity contribution in [2.75, 3.05) is 20.2 Å². The third-order valence-corrected chi connectivity index (χ3v) is 3.40. The number of carbonyl (C=O) groups is 1. The van der Waals surface area contributed by atoms with E-state index in [0.717, 1.165) is 19.6 Å². The molecule has 0 aliphatic rings. The number of nitrogens with one attached hydrogen (secondary N) is 2. The maximum atomic E-state index is 11.0. The molecule has 7 heteroatoms. The van der Waals surface area contributed by atoms with Crippen molar-refractivity contribution in [1.82, 2.24) is 10.6 Å². The first kappa shape index (κ1) is 19.0. The lowest BCUT2D eigenvalue weighted by Gasteiger charge is -2.21. The Morgan fingerprint density at radius 3 is 2.65 bits per heavy atom. The van der Waals surface area contributed by atoms with Crippen LogP contribution in [0.3, 0.4) is 0 Å². The second-order valence-corrected chi connectivity index (χ2v) is 5.51. The van der Waals surface area contributed by atoms with Crippen molar-refractivity contribution in [2.45, 2.75) is 39.8 Å². The second kappa shape index (κ2) is 9.89. The van der Waals surface area contributed by atoms with Crippen LogP contribution in [-0.2, 0) is 11.3 Å². The van der Waals surface area contributed by atoms with Crippen LogP contribution in [0.5, 0.6) is 0 Å². The first-order valence-electron chi connectivity index (χ1n) is 7.92. The molecule has 4 N–H and O–H groups in total. The van der Waals surface area contributed by atoms with E-state index in [1.807, 2.05) is 6.92 Å². The Morgan fingerprint density at radius 1 is 1.39 bits per heavy atom. The minimum Gasteiger partial charge on any atom is -0.454 e. The molecule has 0 aliphatic carbocycles. The van der Waals surface area contributed by atoms with Crippen LogP contribution in [0, 0.1) is 5.92 Å². The Hall–Kier alpha value is -2.02. The van der Waals surface area contributed by atoms with E-state index >= 15 is 0 Å². The van der Waals surface area contributed by atoms with Crippen molar-refractivity contribution < 1.29 is 13.9 Å². The Labute approximate surface area is 137 Å². The Bertz CT molecular complexity index is 511. The molecule has 23 heavy (non-hydrogen) atoms. The van der Waals surface area contributed by atoms with Crippen molar-refractivity contribution in [2.24, 2.45) is 16.6 Å². The highest BCUT2D eigenvalue weighted by molar-refractivity contribution is 5.89. The highest BCUT2D eigenvalue weighted by Gasteiger charge is 2.13. The van der Waals surface area contributed by atoms with Crippen molar-refractivity contribution >= 4 is 11.9 Å². The first-order valence-corrected chi connectivity index (χ1v) is 7.92. The highest BCUT2D eigenvalue weighted by Crippen LogP contribution is 2.10. The monoisotopic (exact) mass is 324 g/mol. The molecule has 130 valence electrons. The third kappa shape index (κ3) is 6.73. The van der Waals surface area contributed by atoms with Gasteiger partial charge in [-0.1, -0.05) is 13.8 Å². The summed E-state index contributed by atoms with van der Waals surface area (Å²) in [5, 5.41) is 6.36. The van der Waals surface area contributed by atoms with Gasteiger partial charge in [0, 0.05) is 20.2 Å². The van der Waals surface area contributed by atoms with Crippen LogP contribution >= 0.6 is 0 Å². The molecular weight excluding hydrogens is 296 g/mol. The summed E-state index contributed by atoms with van der Waals surface area (Å²) in [4.78, 5) is 15.1. The summed E-state index contributed by atoms with van der Waals surface area (Å²) >= 11 is 0. The summed E-state index contributed by atoms with van der Waals surface area (Å²) in [6, 6.07) is 3.27. The van der Waals surface area contributed by atoms with Crippen LogP contribution in [0.2, 0.25) is 0 Å². The number of hydrogen-bond acceptors (Lipinski definition) is 4. The van der Waals surface area contributed by atoms with Crippen molar-refractivity contribution in [3.05, 3.63) is 23.7 Å². The third-order valence-electron chi connectivity index (χ3n) is 3.40. The van der Waals surface area contributed by atoms with Crippen molar-refractivity contribution in [3.8, 4) is 0 Å². The molecule has 0 bridgehead atoms. The van der Waals surface area contributed by atoms with E-state index in [0.29, 0.717) is 24.2 Å². The summed E-state index contributed by atoms with van der Waals surface area (Å²) < 4.78 is 11.0. The molecule has 7 nitrogen and oxygen atoms in total. The average molecular weight is 324 g/mol. The molecule has 0 radical (unpaired) electrons. The number of ether oxygens (including phenoxy) is 1. The maximum Gasteiger partial charge on any atom is 0.284 e. The fourth-order valence-corrected chi connectivity index (χ4v) is 2.15. The van der Waals surface area contributed by atoms with E-state index in [1.165, 1.54) is 0 Å². The van der Waals surface area contributed by atoms with Crippen LogP contribution in [0.1, 0.15) is 43.5 Å². The van der Waals surface area contributed by atoms with Crippen molar-refractivity contribution in [1.29, 1.82) is 0 Å². The van der Waals surface area contributed by atoms with Gasteiger partial charge in [-0.25, -0.2) is 0 Å². The first-order chi connectivity index (χ1) is 11.0. The fourth-order valence-electron chi connectivity index (χ4n) is 2.15. The number of guanidine groups is 1. The highest BCUT2D eigenvalue weighted by atomic mass is 16.5. The van der Waals surface area contributed by atoms with Crippen LogP contribution in [0.15, 0.2) is 21.5 Å². The Morgan fingerprint density at radius 2 is 2.13 bits per heavy atom. The molecule has 0 aliphatic heterocycles. The number of nitrogens with two attached hydrogens (primary N) is 1. The van der Waals surface area contributed by atoms with Gasteiger partial charge in [0.25, 0.3) is 5.91 Å². The molecule has 0 spiro atoms. The Kier molecular flexibility index (Phi) is 8.18. The number of rotatable bonds is 9. The van der Waals surface area contributed by atoms with E-state index in [2.05, 4.69) is 29.5 Å². The fraction of sp³-hybridized carbons (Fsp3) is 0.625. The van der Waals surface area contributed by atoms with Gasteiger partial charge in [0.1, 0.15) is 5.76 Å². The van der Waals surface area contributed by atoms with Crippen LogP contribution in [-0.4, -0.2) is 38.2 Å². The zero-order valence-electron chi connectivity index (χ0n) is 14.4. The molecule has 1 rings (SSSR count). The number of primary amides is 1.